The minimum Gasteiger partial charge on any atom is -0.497 e. The first-order valence-electron chi connectivity index (χ1n) is 6.40. The van der Waals surface area contributed by atoms with Crippen LogP contribution in [-0.2, 0) is 0 Å². The number of nitrogens with zero attached hydrogens (tertiary/aromatic N) is 2. The first kappa shape index (κ1) is 12.5. The maximum Gasteiger partial charge on any atom is 0.121 e. The Labute approximate surface area is 117 Å². The van der Waals surface area contributed by atoms with Crippen LogP contribution in [0, 0.1) is 6.92 Å². The standard InChI is InChI=1S/C16H16N2O2/c1-11-17-15-9-8-14(20-3)10-16(15)18(11)12-4-6-13(19-2)7-5-12/h4-10H,1-3H3. The zero-order chi connectivity index (χ0) is 14.1. The lowest BCUT2D eigenvalue weighted by molar-refractivity contribution is 0.414. The Balaban J connectivity index is 2.20. The van der Waals surface area contributed by atoms with Crippen molar-refractivity contribution in [1.82, 2.24) is 9.55 Å². The Bertz CT molecular complexity index is 745. The highest BCUT2D eigenvalue weighted by Gasteiger charge is 2.10. The fourth-order valence-corrected chi connectivity index (χ4v) is 2.36. The fraction of sp³-hybridized carbons (Fsp3) is 0.188. The molecule has 0 fully saturated rings. The van der Waals surface area contributed by atoms with Gasteiger partial charge in [-0.25, -0.2) is 4.98 Å². The van der Waals surface area contributed by atoms with E-state index in [2.05, 4.69) is 9.55 Å². The molecule has 0 unspecified atom stereocenters. The van der Waals surface area contributed by atoms with Gasteiger partial charge in [0.25, 0.3) is 0 Å². The number of fused-ring (bicyclic) bond motifs is 1. The van der Waals surface area contributed by atoms with Crippen LogP contribution in [0.3, 0.4) is 0 Å². The van der Waals surface area contributed by atoms with Gasteiger partial charge in [-0.1, -0.05) is 0 Å². The Morgan fingerprint density at radius 1 is 0.900 bits per heavy atom. The zero-order valence-corrected chi connectivity index (χ0v) is 11.8. The Kier molecular flexibility index (Phi) is 3.06. The van der Waals surface area contributed by atoms with Gasteiger partial charge < -0.3 is 9.47 Å². The third-order valence-corrected chi connectivity index (χ3v) is 3.36. The van der Waals surface area contributed by atoms with Crippen LogP contribution in [0.15, 0.2) is 42.5 Å². The molecule has 3 rings (SSSR count). The van der Waals surface area contributed by atoms with Crippen LogP contribution in [-0.4, -0.2) is 23.8 Å². The number of hydrogen-bond acceptors (Lipinski definition) is 3. The van der Waals surface area contributed by atoms with Crippen molar-refractivity contribution in [3.8, 4) is 17.2 Å². The van der Waals surface area contributed by atoms with E-state index in [-0.39, 0.29) is 0 Å². The van der Waals surface area contributed by atoms with Gasteiger partial charge in [0.15, 0.2) is 0 Å². The molecule has 0 bridgehead atoms. The van der Waals surface area contributed by atoms with E-state index in [0.717, 1.165) is 34.0 Å². The molecule has 1 heterocycles. The number of benzene rings is 2. The molecule has 0 saturated carbocycles. The monoisotopic (exact) mass is 268 g/mol. The molecule has 20 heavy (non-hydrogen) atoms. The highest BCUT2D eigenvalue weighted by molar-refractivity contribution is 5.80. The summed E-state index contributed by atoms with van der Waals surface area (Å²) in [6.07, 6.45) is 0. The van der Waals surface area contributed by atoms with Gasteiger partial charge in [0, 0.05) is 11.8 Å². The summed E-state index contributed by atoms with van der Waals surface area (Å²) in [7, 11) is 3.33. The number of aryl methyl sites for hydroxylation is 1. The summed E-state index contributed by atoms with van der Waals surface area (Å²) in [6.45, 7) is 2.00. The molecule has 4 heteroatoms. The lowest BCUT2D eigenvalue weighted by atomic mass is 10.2. The quantitative estimate of drug-likeness (QED) is 0.731. The Hall–Kier alpha value is -2.49. The average Bonchev–Trinajstić information content (AvgIpc) is 2.82. The largest absolute Gasteiger partial charge is 0.497 e. The smallest absolute Gasteiger partial charge is 0.121 e. The zero-order valence-electron chi connectivity index (χ0n) is 11.8. The number of aromatic nitrogens is 2. The Morgan fingerprint density at radius 3 is 2.20 bits per heavy atom. The van der Waals surface area contributed by atoms with E-state index >= 15 is 0 Å². The van der Waals surface area contributed by atoms with E-state index in [9.17, 15) is 0 Å². The molecule has 0 spiro atoms. The molecular formula is C16H16N2O2. The molecule has 0 aliphatic rings. The second-order valence-electron chi connectivity index (χ2n) is 4.55. The fourth-order valence-electron chi connectivity index (χ4n) is 2.36. The van der Waals surface area contributed by atoms with Gasteiger partial charge in [0.2, 0.25) is 0 Å². The van der Waals surface area contributed by atoms with Crippen LogP contribution in [0.4, 0.5) is 0 Å². The van der Waals surface area contributed by atoms with E-state index in [0.29, 0.717) is 0 Å². The third kappa shape index (κ3) is 1.99. The minimum atomic E-state index is 0.826. The van der Waals surface area contributed by atoms with Crippen molar-refractivity contribution in [1.29, 1.82) is 0 Å². The molecule has 4 nitrogen and oxygen atoms in total. The number of imidazole rings is 1. The minimum absolute atomic E-state index is 0.826. The van der Waals surface area contributed by atoms with Crippen LogP contribution in [0.1, 0.15) is 5.82 Å². The van der Waals surface area contributed by atoms with Crippen molar-refractivity contribution in [2.45, 2.75) is 6.92 Å². The third-order valence-electron chi connectivity index (χ3n) is 3.36. The van der Waals surface area contributed by atoms with Crippen LogP contribution >= 0.6 is 0 Å². The van der Waals surface area contributed by atoms with Crippen molar-refractivity contribution in [3.05, 3.63) is 48.3 Å². The van der Waals surface area contributed by atoms with Gasteiger partial charge in [-0.05, 0) is 43.3 Å². The van der Waals surface area contributed by atoms with E-state index in [1.54, 1.807) is 14.2 Å². The molecule has 0 atom stereocenters. The highest BCUT2D eigenvalue weighted by atomic mass is 16.5. The molecule has 1 aromatic heterocycles. The number of rotatable bonds is 3. The number of ether oxygens (including phenoxy) is 2. The van der Waals surface area contributed by atoms with Crippen molar-refractivity contribution < 1.29 is 9.47 Å². The van der Waals surface area contributed by atoms with Gasteiger partial charge in [-0.15, -0.1) is 0 Å². The van der Waals surface area contributed by atoms with Gasteiger partial charge >= 0.3 is 0 Å². The lowest BCUT2D eigenvalue weighted by Crippen LogP contribution is -1.97. The maximum atomic E-state index is 5.30. The van der Waals surface area contributed by atoms with Crippen LogP contribution in [0.25, 0.3) is 16.7 Å². The molecule has 2 aromatic carbocycles. The summed E-state index contributed by atoms with van der Waals surface area (Å²) in [5.74, 6) is 2.61. The Morgan fingerprint density at radius 2 is 1.55 bits per heavy atom. The molecule has 0 aliphatic heterocycles. The molecule has 3 aromatic rings. The highest BCUT2D eigenvalue weighted by Crippen LogP contribution is 2.26. The van der Waals surface area contributed by atoms with Crippen LogP contribution < -0.4 is 9.47 Å². The van der Waals surface area contributed by atoms with E-state index in [1.807, 2.05) is 49.4 Å². The van der Waals surface area contributed by atoms with Crippen molar-refractivity contribution in [2.75, 3.05) is 14.2 Å². The number of methoxy groups -OCH3 is 2. The predicted molar refractivity (Wildman–Crippen MR) is 78.9 cm³/mol. The molecule has 0 amide bonds. The topological polar surface area (TPSA) is 36.3 Å². The normalized spacial score (nSPS) is 10.8. The second kappa shape index (κ2) is 4.89. The van der Waals surface area contributed by atoms with Crippen LogP contribution in [0.5, 0.6) is 11.5 Å². The molecule has 0 radical (unpaired) electrons. The van der Waals surface area contributed by atoms with Crippen molar-refractivity contribution >= 4 is 11.0 Å². The van der Waals surface area contributed by atoms with Gasteiger partial charge in [0.1, 0.15) is 17.3 Å². The van der Waals surface area contributed by atoms with Crippen LogP contribution in [0.2, 0.25) is 0 Å². The van der Waals surface area contributed by atoms with Crippen molar-refractivity contribution in [3.63, 3.8) is 0 Å². The summed E-state index contributed by atoms with van der Waals surface area (Å²) >= 11 is 0. The lowest BCUT2D eigenvalue weighted by Gasteiger charge is -2.08. The molecule has 0 aliphatic carbocycles. The molecular weight excluding hydrogens is 252 g/mol. The summed E-state index contributed by atoms with van der Waals surface area (Å²) in [5.41, 5.74) is 3.05. The summed E-state index contributed by atoms with van der Waals surface area (Å²) in [6, 6.07) is 13.8. The first-order valence-corrected chi connectivity index (χ1v) is 6.40. The molecule has 0 N–H and O–H groups in total. The summed E-state index contributed by atoms with van der Waals surface area (Å²) in [5, 5.41) is 0. The van der Waals surface area contributed by atoms with Gasteiger partial charge in [-0.2, -0.15) is 0 Å². The SMILES string of the molecule is COc1ccc(-n2c(C)nc3ccc(OC)cc32)cc1. The summed E-state index contributed by atoms with van der Waals surface area (Å²) < 4.78 is 12.6. The van der Waals surface area contributed by atoms with E-state index < -0.39 is 0 Å². The predicted octanol–water partition coefficient (Wildman–Crippen LogP) is 3.35. The average molecular weight is 268 g/mol. The molecule has 102 valence electrons. The first-order chi connectivity index (χ1) is 9.72. The van der Waals surface area contributed by atoms with Crippen molar-refractivity contribution in [2.24, 2.45) is 0 Å². The van der Waals surface area contributed by atoms with E-state index in [4.69, 9.17) is 9.47 Å². The second-order valence-corrected chi connectivity index (χ2v) is 4.55. The molecule has 0 saturated heterocycles. The summed E-state index contributed by atoms with van der Waals surface area (Å²) in [4.78, 5) is 4.58. The maximum absolute atomic E-state index is 5.30. The van der Waals surface area contributed by atoms with Gasteiger partial charge in [0.05, 0.1) is 25.3 Å². The van der Waals surface area contributed by atoms with E-state index in [1.165, 1.54) is 0 Å². The van der Waals surface area contributed by atoms with Gasteiger partial charge in [-0.3, -0.25) is 4.57 Å². The number of hydrogen-bond donors (Lipinski definition) is 0.